The van der Waals surface area contributed by atoms with E-state index in [1.807, 2.05) is 60.7 Å². The molecule has 2 saturated heterocycles. The molecule has 4 fully saturated rings. The SMILES string of the molecule is O=C(N[C@@H]1CCCC[C@@H]1C(=O)N1CC[C@@H]2[C@H](c3ccsc3)Nc3ccccc3[C@@H]21)c1ccccc1.O=C(N[C@@H]1CCCC[C@@H]1C(=O)N1CC[C@H]2[C@@H](c3ccsc3)Nc3ccccc3[C@H]21)c1ccccc1. The molecule has 12 rings (SSSR count). The van der Waals surface area contributed by atoms with Crippen LogP contribution in [0.3, 0.4) is 0 Å². The fourth-order valence-corrected chi connectivity index (χ4v) is 14.2. The lowest BCUT2D eigenvalue weighted by Gasteiger charge is -2.41. The van der Waals surface area contributed by atoms with E-state index in [-0.39, 0.29) is 71.7 Å². The second-order valence-corrected chi connectivity index (χ2v) is 21.6. The Kier molecular flexibility index (Phi) is 13.6. The molecule has 70 heavy (non-hydrogen) atoms. The van der Waals surface area contributed by atoms with Gasteiger partial charge in [0.25, 0.3) is 11.8 Å². The average Bonchev–Trinajstić information content (AvgIpc) is 4.28. The van der Waals surface area contributed by atoms with Crippen molar-refractivity contribution in [3.63, 3.8) is 0 Å². The molecule has 4 N–H and O–H groups in total. The molecule has 6 aromatic rings. The van der Waals surface area contributed by atoms with Crippen molar-refractivity contribution in [2.45, 2.75) is 100 Å². The summed E-state index contributed by atoms with van der Waals surface area (Å²) in [5.74, 6) is 0.578. The number of rotatable bonds is 8. The highest BCUT2D eigenvalue weighted by molar-refractivity contribution is 7.08. The second kappa shape index (κ2) is 20.6. The number of para-hydroxylation sites is 2. The third-order valence-electron chi connectivity index (χ3n) is 16.2. The number of anilines is 2. The van der Waals surface area contributed by atoms with Gasteiger partial charge in [-0.3, -0.25) is 19.2 Å². The molecule has 10 atom stereocenters. The van der Waals surface area contributed by atoms with Crippen LogP contribution in [0.4, 0.5) is 11.4 Å². The number of hydrogen-bond donors (Lipinski definition) is 4. The molecule has 12 heteroatoms. The van der Waals surface area contributed by atoms with E-state index in [9.17, 15) is 19.2 Å². The smallest absolute Gasteiger partial charge is 0.251 e. The Balaban J connectivity index is 0.000000152. The Morgan fingerprint density at radius 2 is 0.871 bits per heavy atom. The van der Waals surface area contributed by atoms with Crippen LogP contribution >= 0.6 is 22.7 Å². The van der Waals surface area contributed by atoms with E-state index in [1.165, 1.54) is 22.3 Å². The molecule has 4 aromatic carbocycles. The summed E-state index contributed by atoms with van der Waals surface area (Å²) in [6.07, 6.45) is 9.49. The van der Waals surface area contributed by atoms with Crippen molar-refractivity contribution < 1.29 is 19.2 Å². The molecule has 2 saturated carbocycles. The first-order chi connectivity index (χ1) is 34.4. The van der Waals surface area contributed by atoms with Crippen molar-refractivity contribution >= 4 is 57.7 Å². The first-order valence-electron chi connectivity index (χ1n) is 25.5. The fourth-order valence-electron chi connectivity index (χ4n) is 12.8. The topological polar surface area (TPSA) is 123 Å². The predicted octanol–water partition coefficient (Wildman–Crippen LogP) is 11.6. The first kappa shape index (κ1) is 46.2. The van der Waals surface area contributed by atoms with Gasteiger partial charge in [0.1, 0.15) is 0 Å². The van der Waals surface area contributed by atoms with Crippen molar-refractivity contribution in [3.05, 3.63) is 176 Å². The minimum atomic E-state index is -0.170. The number of thiophene rings is 2. The third kappa shape index (κ3) is 9.16. The Bertz CT molecular complexity index is 2580. The van der Waals surface area contributed by atoms with Gasteiger partial charge in [0, 0.05) is 59.5 Å². The molecule has 2 aromatic heterocycles. The molecule has 0 radical (unpaired) electrons. The standard InChI is InChI=1S/2C29H31N3O2S/c2*33-28(19-8-2-1-3-9-19)31-25-13-7-5-11-22(25)29(34)32-16-14-23-26(20-15-17-35-18-20)30-24-12-6-4-10-21(24)27(23)32/h2*1-4,6,8-10,12,15,17-18,22-23,25-27,30H,5,7,11,13-14,16H2,(H,31,33)/t22-,23+,25+,26-,27-;22-,23-,25+,26+,27+/m00/s1. The van der Waals surface area contributed by atoms with Crippen molar-refractivity contribution in [3.8, 4) is 0 Å². The quantitative estimate of drug-likeness (QED) is 0.120. The van der Waals surface area contributed by atoms with Gasteiger partial charge in [0.15, 0.2) is 0 Å². The van der Waals surface area contributed by atoms with Crippen LogP contribution in [0, 0.1) is 23.7 Å². The van der Waals surface area contributed by atoms with Crippen LogP contribution in [-0.2, 0) is 9.59 Å². The maximum Gasteiger partial charge on any atom is 0.251 e. The van der Waals surface area contributed by atoms with E-state index >= 15 is 0 Å². The van der Waals surface area contributed by atoms with Crippen molar-refractivity contribution in [1.82, 2.24) is 20.4 Å². The molecular formula is C58H62N6O4S2. The van der Waals surface area contributed by atoms with Crippen LogP contribution in [-0.4, -0.2) is 58.6 Å². The number of benzene rings is 4. The summed E-state index contributed by atoms with van der Waals surface area (Å²) in [5, 5.41) is 22.7. The lowest BCUT2D eigenvalue weighted by molar-refractivity contribution is -0.139. The molecule has 4 amide bonds. The van der Waals surface area contributed by atoms with Gasteiger partial charge < -0.3 is 31.1 Å². The predicted molar refractivity (Wildman–Crippen MR) is 279 cm³/mol. The van der Waals surface area contributed by atoms with Gasteiger partial charge in [-0.1, -0.05) is 98.5 Å². The van der Waals surface area contributed by atoms with Crippen LogP contribution < -0.4 is 21.3 Å². The van der Waals surface area contributed by atoms with Gasteiger partial charge in [-0.15, -0.1) is 0 Å². The Morgan fingerprint density at radius 3 is 1.29 bits per heavy atom. The van der Waals surface area contributed by atoms with E-state index < -0.39 is 0 Å². The minimum Gasteiger partial charge on any atom is -0.378 e. The number of carbonyl (C=O) groups is 4. The first-order valence-corrected chi connectivity index (χ1v) is 27.4. The number of nitrogens with zero attached hydrogens (tertiary/aromatic N) is 2. The zero-order valence-corrected chi connectivity index (χ0v) is 41.1. The van der Waals surface area contributed by atoms with E-state index in [0.29, 0.717) is 23.0 Å². The monoisotopic (exact) mass is 970 g/mol. The van der Waals surface area contributed by atoms with Crippen molar-refractivity contribution in [1.29, 1.82) is 0 Å². The molecule has 6 aliphatic rings. The van der Waals surface area contributed by atoms with Gasteiger partial charge in [-0.2, -0.15) is 22.7 Å². The van der Waals surface area contributed by atoms with Gasteiger partial charge >= 0.3 is 0 Å². The summed E-state index contributed by atoms with van der Waals surface area (Å²) in [6.45, 7) is 1.53. The molecular weight excluding hydrogens is 909 g/mol. The fraction of sp³-hybridized carbons (Fsp3) is 0.379. The van der Waals surface area contributed by atoms with Crippen molar-refractivity contribution in [2.75, 3.05) is 23.7 Å². The maximum atomic E-state index is 14.1. The van der Waals surface area contributed by atoms with Crippen LogP contribution in [0.5, 0.6) is 0 Å². The summed E-state index contributed by atoms with van der Waals surface area (Å²) in [7, 11) is 0. The van der Waals surface area contributed by atoms with E-state index in [1.54, 1.807) is 22.7 Å². The Morgan fingerprint density at radius 1 is 0.471 bits per heavy atom. The number of likely N-dealkylation sites (tertiary alicyclic amines) is 2. The Labute approximate surface area is 419 Å². The van der Waals surface area contributed by atoms with Gasteiger partial charge in [0.05, 0.1) is 36.0 Å². The summed E-state index contributed by atoms with van der Waals surface area (Å²) >= 11 is 3.44. The molecule has 0 unspecified atom stereocenters. The number of hydrogen-bond acceptors (Lipinski definition) is 8. The number of nitrogens with one attached hydrogen (secondary N) is 4. The number of amides is 4. The molecule has 2 aliphatic carbocycles. The van der Waals surface area contributed by atoms with E-state index in [0.717, 1.165) is 88.7 Å². The largest absolute Gasteiger partial charge is 0.378 e. The summed E-state index contributed by atoms with van der Waals surface area (Å²) in [5.41, 5.74) is 8.60. The highest BCUT2D eigenvalue weighted by Crippen LogP contribution is 2.54. The van der Waals surface area contributed by atoms with E-state index in [2.05, 4.69) is 113 Å². The van der Waals surface area contributed by atoms with Crippen LogP contribution in [0.25, 0.3) is 0 Å². The minimum absolute atomic E-state index is 0.0669. The molecule has 4 aliphatic heterocycles. The average molecular weight is 971 g/mol. The number of fused-ring (bicyclic) bond motifs is 6. The summed E-state index contributed by atoms with van der Waals surface area (Å²) in [4.78, 5) is 58.4. The highest BCUT2D eigenvalue weighted by atomic mass is 32.1. The Hall–Kier alpha value is -6.24. The zero-order valence-electron chi connectivity index (χ0n) is 39.5. The normalized spacial score (nSPS) is 27.4. The van der Waals surface area contributed by atoms with Crippen molar-refractivity contribution in [2.24, 2.45) is 23.7 Å². The molecule has 10 nitrogen and oxygen atoms in total. The number of carbonyl (C=O) groups excluding carboxylic acids is 4. The van der Waals surface area contributed by atoms with Gasteiger partial charge in [-0.25, -0.2) is 0 Å². The van der Waals surface area contributed by atoms with Gasteiger partial charge in [-0.05, 0) is 131 Å². The third-order valence-corrected chi connectivity index (χ3v) is 17.6. The molecule has 360 valence electrons. The molecule has 0 bridgehead atoms. The zero-order chi connectivity index (χ0) is 47.6. The maximum absolute atomic E-state index is 14.1. The lowest BCUT2D eigenvalue weighted by atomic mass is 9.79. The van der Waals surface area contributed by atoms with Crippen LogP contribution in [0.15, 0.2) is 143 Å². The second-order valence-electron chi connectivity index (χ2n) is 20.1. The summed E-state index contributed by atoms with van der Waals surface area (Å²) in [6, 6.07) is 40.3. The highest BCUT2D eigenvalue weighted by Gasteiger charge is 2.50. The van der Waals surface area contributed by atoms with Crippen LogP contribution in [0.1, 0.15) is 131 Å². The summed E-state index contributed by atoms with van der Waals surface area (Å²) < 4.78 is 0. The van der Waals surface area contributed by atoms with Crippen LogP contribution in [0.2, 0.25) is 0 Å². The van der Waals surface area contributed by atoms with Gasteiger partial charge in [0.2, 0.25) is 11.8 Å². The molecule has 6 heterocycles. The molecule has 0 spiro atoms. The van der Waals surface area contributed by atoms with E-state index in [4.69, 9.17) is 0 Å². The lowest BCUT2D eigenvalue weighted by Crippen LogP contribution is -2.50.